The Morgan fingerprint density at radius 2 is 2.50 bits per heavy atom. The number of nitrogens with one attached hydrogen (secondary N) is 1. The van der Waals surface area contributed by atoms with Crippen molar-refractivity contribution in [1.29, 1.82) is 0 Å². The number of hydrogen-bond donors (Lipinski definition) is 1. The predicted molar refractivity (Wildman–Crippen MR) is 43.9 cm³/mol. The molecule has 0 aromatic carbocycles. The van der Waals surface area contributed by atoms with Crippen LogP contribution in [0.15, 0.2) is 0 Å². The summed E-state index contributed by atoms with van der Waals surface area (Å²) in [4.78, 5) is 13.1. The Morgan fingerprint density at radius 3 is 2.92 bits per heavy atom. The van der Waals surface area contributed by atoms with Crippen molar-refractivity contribution >= 4 is 6.09 Å². The maximum Gasteiger partial charge on any atom is 0.407 e. The van der Waals surface area contributed by atoms with Gasteiger partial charge in [-0.15, -0.1) is 0 Å². The number of hydrogen-bond acceptors (Lipinski definition) is 3. The molecule has 2 fully saturated rings. The molecule has 0 aromatic rings. The van der Waals surface area contributed by atoms with E-state index in [9.17, 15) is 4.79 Å². The van der Waals surface area contributed by atoms with E-state index in [1.54, 1.807) is 0 Å². The number of amides is 1. The number of carbonyl (C=O) groups excluding carboxylic acids is 1. The summed E-state index contributed by atoms with van der Waals surface area (Å²) >= 11 is 0. The van der Waals surface area contributed by atoms with Gasteiger partial charge in [0.15, 0.2) is 0 Å². The maximum absolute atomic E-state index is 10.9. The number of nitrogens with zero attached hydrogens (tertiary/aromatic N) is 1. The van der Waals surface area contributed by atoms with Gasteiger partial charge in [-0.3, -0.25) is 0 Å². The Bertz CT molecular complexity index is 207. The molecule has 1 spiro atoms. The van der Waals surface area contributed by atoms with E-state index < -0.39 is 0 Å². The van der Waals surface area contributed by atoms with Crippen molar-refractivity contribution in [3.05, 3.63) is 0 Å². The van der Waals surface area contributed by atoms with Crippen molar-refractivity contribution < 1.29 is 9.53 Å². The molecule has 4 nitrogen and oxygen atoms in total. The summed E-state index contributed by atoms with van der Waals surface area (Å²) in [6.45, 7) is 3.60. The molecule has 2 saturated heterocycles. The number of ether oxygens (including phenoxy) is 1. The highest BCUT2D eigenvalue weighted by Crippen LogP contribution is 2.28. The third-order valence-corrected chi connectivity index (χ3v) is 2.84. The van der Waals surface area contributed by atoms with Gasteiger partial charge in [-0.05, 0) is 20.4 Å². The van der Waals surface area contributed by atoms with Crippen LogP contribution in [0, 0.1) is 0 Å². The fourth-order valence-electron chi connectivity index (χ4n) is 2.11. The molecule has 1 amide bonds. The Kier molecular flexibility index (Phi) is 1.54. The zero-order chi connectivity index (χ0) is 8.77. The van der Waals surface area contributed by atoms with Gasteiger partial charge in [-0.1, -0.05) is 0 Å². The first-order valence-corrected chi connectivity index (χ1v) is 4.26. The van der Waals surface area contributed by atoms with Crippen LogP contribution < -0.4 is 5.32 Å². The average Bonchev–Trinajstić information content (AvgIpc) is 2.42. The molecule has 1 N–H and O–H groups in total. The highest BCUT2D eigenvalue weighted by Gasteiger charge is 2.46. The van der Waals surface area contributed by atoms with E-state index in [0.29, 0.717) is 12.6 Å². The van der Waals surface area contributed by atoms with E-state index in [1.165, 1.54) is 0 Å². The largest absolute Gasteiger partial charge is 0.447 e. The lowest BCUT2D eigenvalue weighted by Gasteiger charge is -2.18. The van der Waals surface area contributed by atoms with Crippen molar-refractivity contribution in [1.82, 2.24) is 10.2 Å². The highest BCUT2D eigenvalue weighted by atomic mass is 16.6. The summed E-state index contributed by atoms with van der Waals surface area (Å²) in [5.41, 5.74) is -0.0920. The topological polar surface area (TPSA) is 41.6 Å². The molecule has 2 rings (SSSR count). The number of likely N-dealkylation sites (N-methyl/N-ethyl adjacent to an activating group) is 1. The van der Waals surface area contributed by atoms with Crippen LogP contribution in [0.2, 0.25) is 0 Å². The van der Waals surface area contributed by atoms with Crippen molar-refractivity contribution in [2.45, 2.75) is 24.9 Å². The Hall–Kier alpha value is -0.770. The van der Waals surface area contributed by atoms with Crippen LogP contribution in [0.1, 0.15) is 13.3 Å². The monoisotopic (exact) mass is 170 g/mol. The molecule has 2 atom stereocenters. The maximum atomic E-state index is 10.9. The number of cyclic esters (lactones) is 1. The number of alkyl carbamates (subject to hydrolysis) is 1. The first-order chi connectivity index (χ1) is 5.61. The van der Waals surface area contributed by atoms with Crippen molar-refractivity contribution in [2.24, 2.45) is 0 Å². The fraction of sp³-hybridized carbons (Fsp3) is 0.875. The van der Waals surface area contributed by atoms with Crippen LogP contribution in [0.4, 0.5) is 4.79 Å². The van der Waals surface area contributed by atoms with E-state index in [0.717, 1.165) is 13.0 Å². The third kappa shape index (κ3) is 1.06. The molecule has 0 aromatic heterocycles. The van der Waals surface area contributed by atoms with Crippen molar-refractivity contribution in [2.75, 3.05) is 20.2 Å². The van der Waals surface area contributed by atoms with Crippen LogP contribution in [0.25, 0.3) is 0 Å². The van der Waals surface area contributed by atoms with Gasteiger partial charge < -0.3 is 15.0 Å². The molecule has 2 aliphatic heterocycles. The zero-order valence-corrected chi connectivity index (χ0v) is 7.46. The molecular formula is C8H14N2O2. The molecule has 2 aliphatic rings. The normalized spacial score (nSPS) is 41.8. The Labute approximate surface area is 71.9 Å². The zero-order valence-electron chi connectivity index (χ0n) is 7.46. The van der Waals surface area contributed by atoms with Crippen molar-refractivity contribution in [3.8, 4) is 0 Å². The number of rotatable bonds is 0. The van der Waals surface area contributed by atoms with Crippen LogP contribution in [-0.4, -0.2) is 42.8 Å². The molecule has 0 saturated carbocycles. The molecule has 4 heteroatoms. The van der Waals surface area contributed by atoms with E-state index in [2.05, 4.69) is 24.2 Å². The fourth-order valence-corrected chi connectivity index (χ4v) is 2.11. The van der Waals surface area contributed by atoms with Gasteiger partial charge >= 0.3 is 6.09 Å². The standard InChI is InChI=1S/C8H14N2O2/c1-6-3-8(4-10(6)2)5-12-7(11)9-8/h6H,3-5H2,1-2H3,(H,9,11). The number of carbonyl (C=O) groups is 1. The second-order valence-corrected chi connectivity index (χ2v) is 3.95. The molecule has 2 heterocycles. The van der Waals surface area contributed by atoms with E-state index >= 15 is 0 Å². The Morgan fingerprint density at radius 1 is 1.75 bits per heavy atom. The molecule has 0 aliphatic carbocycles. The van der Waals surface area contributed by atoms with Gasteiger partial charge in [-0.25, -0.2) is 4.79 Å². The lowest BCUT2D eigenvalue weighted by molar-refractivity contribution is 0.172. The SMILES string of the molecule is CC1CC2(COC(=O)N2)CN1C. The summed E-state index contributed by atoms with van der Waals surface area (Å²) in [6, 6.07) is 0.534. The summed E-state index contributed by atoms with van der Waals surface area (Å²) in [7, 11) is 2.07. The van der Waals surface area contributed by atoms with Crippen LogP contribution in [0.3, 0.4) is 0 Å². The minimum atomic E-state index is -0.266. The van der Waals surface area contributed by atoms with Gasteiger partial charge in [0.05, 0.1) is 5.54 Å². The molecular weight excluding hydrogens is 156 g/mol. The second kappa shape index (κ2) is 2.36. The number of likely N-dealkylation sites (tertiary alicyclic amines) is 1. The Balaban J connectivity index is 2.10. The van der Waals surface area contributed by atoms with Crippen LogP contribution in [0.5, 0.6) is 0 Å². The average molecular weight is 170 g/mol. The lowest BCUT2D eigenvalue weighted by Crippen LogP contribution is -2.45. The first kappa shape index (κ1) is 7.86. The molecule has 2 unspecified atom stereocenters. The van der Waals surface area contributed by atoms with Gasteiger partial charge in [0, 0.05) is 12.6 Å². The van der Waals surface area contributed by atoms with E-state index in [1.807, 2.05) is 0 Å². The van der Waals surface area contributed by atoms with Gasteiger partial charge in [0.2, 0.25) is 0 Å². The smallest absolute Gasteiger partial charge is 0.407 e. The van der Waals surface area contributed by atoms with E-state index in [-0.39, 0.29) is 11.6 Å². The van der Waals surface area contributed by atoms with E-state index in [4.69, 9.17) is 4.74 Å². The van der Waals surface area contributed by atoms with Crippen LogP contribution >= 0.6 is 0 Å². The third-order valence-electron chi connectivity index (χ3n) is 2.84. The van der Waals surface area contributed by atoms with Crippen LogP contribution in [-0.2, 0) is 4.74 Å². The second-order valence-electron chi connectivity index (χ2n) is 3.95. The molecule has 0 radical (unpaired) electrons. The highest BCUT2D eigenvalue weighted by molar-refractivity contribution is 5.71. The summed E-state index contributed by atoms with van der Waals surface area (Å²) < 4.78 is 4.91. The van der Waals surface area contributed by atoms with Gasteiger partial charge in [0.25, 0.3) is 0 Å². The predicted octanol–water partition coefficient (Wildman–Crippen LogP) is 0.189. The molecule has 0 bridgehead atoms. The summed E-state index contributed by atoms with van der Waals surface area (Å²) in [6.07, 6.45) is 0.729. The quantitative estimate of drug-likeness (QED) is 0.564. The summed E-state index contributed by atoms with van der Waals surface area (Å²) in [5, 5.41) is 2.89. The summed E-state index contributed by atoms with van der Waals surface area (Å²) in [5.74, 6) is 0. The minimum Gasteiger partial charge on any atom is -0.447 e. The molecule has 12 heavy (non-hydrogen) atoms. The molecule has 68 valence electrons. The lowest BCUT2D eigenvalue weighted by atomic mass is 9.99. The van der Waals surface area contributed by atoms with Gasteiger partial charge in [-0.2, -0.15) is 0 Å². The van der Waals surface area contributed by atoms with Crippen molar-refractivity contribution in [3.63, 3.8) is 0 Å². The first-order valence-electron chi connectivity index (χ1n) is 4.26. The minimum absolute atomic E-state index is 0.0920. The van der Waals surface area contributed by atoms with Gasteiger partial charge in [0.1, 0.15) is 6.61 Å².